The molecule has 0 bridgehead atoms. The van der Waals surface area contributed by atoms with Crippen LogP contribution in [0.25, 0.3) is 0 Å². The van der Waals surface area contributed by atoms with Gasteiger partial charge in [-0.15, -0.1) is 0 Å². The third kappa shape index (κ3) is 5.65. The maximum atomic E-state index is 13.2. The zero-order chi connectivity index (χ0) is 23.1. The lowest BCUT2D eigenvalue weighted by Crippen LogP contribution is -2.43. The number of hydrogen-bond donors (Lipinski definition) is 1. The summed E-state index contributed by atoms with van der Waals surface area (Å²) in [5, 5.41) is 3.41. The number of rotatable bonds is 8. The van der Waals surface area contributed by atoms with Crippen molar-refractivity contribution in [3.63, 3.8) is 0 Å². The van der Waals surface area contributed by atoms with Gasteiger partial charge in [0, 0.05) is 17.3 Å². The molecule has 2 aromatic carbocycles. The average Bonchev–Trinajstić information content (AvgIpc) is 2.75. The highest BCUT2D eigenvalue weighted by atomic mass is 35.5. The van der Waals surface area contributed by atoms with E-state index in [-0.39, 0.29) is 25.0 Å². The van der Waals surface area contributed by atoms with E-state index in [0.717, 1.165) is 11.1 Å². The minimum atomic E-state index is -0.494. The van der Waals surface area contributed by atoms with Crippen molar-refractivity contribution in [3.8, 4) is 11.5 Å². The first-order valence-corrected chi connectivity index (χ1v) is 11.3. The van der Waals surface area contributed by atoms with E-state index in [4.69, 9.17) is 25.8 Å². The third-order valence-corrected chi connectivity index (χ3v) is 5.40. The Hall–Kier alpha value is -2.93. The minimum absolute atomic E-state index is 0.0450. The molecule has 0 aliphatic carbocycles. The van der Waals surface area contributed by atoms with Crippen molar-refractivity contribution >= 4 is 29.3 Å². The standard InChI is InChI=1S/C24H29ClN2O5/c1-4-30-21-12-16-10-11-27(24(29)26-18-9-7-8-17(25)13-18)20(15-23(28)32-6-3)19(16)14-22(21)31-5-2/h7-9,12-14,20H,4-6,10-11,15H2,1-3H3,(H,26,29). The van der Waals surface area contributed by atoms with Crippen LogP contribution in [0.4, 0.5) is 10.5 Å². The number of carbonyl (C=O) groups excluding carboxylic acids is 2. The molecule has 1 heterocycles. The molecule has 32 heavy (non-hydrogen) atoms. The first kappa shape index (κ1) is 23.7. The maximum absolute atomic E-state index is 13.2. The van der Waals surface area contributed by atoms with E-state index in [9.17, 15) is 9.59 Å². The predicted octanol–water partition coefficient (Wildman–Crippen LogP) is 5.22. The Morgan fingerprint density at radius 3 is 2.44 bits per heavy atom. The fourth-order valence-electron chi connectivity index (χ4n) is 3.85. The molecule has 172 valence electrons. The number of urea groups is 1. The maximum Gasteiger partial charge on any atom is 0.322 e. The van der Waals surface area contributed by atoms with Crippen molar-refractivity contribution in [2.75, 3.05) is 31.7 Å². The molecule has 8 heteroatoms. The smallest absolute Gasteiger partial charge is 0.322 e. The van der Waals surface area contributed by atoms with Gasteiger partial charge in [-0.3, -0.25) is 4.79 Å². The van der Waals surface area contributed by atoms with Gasteiger partial charge in [-0.1, -0.05) is 17.7 Å². The highest BCUT2D eigenvalue weighted by molar-refractivity contribution is 6.30. The minimum Gasteiger partial charge on any atom is -0.490 e. The van der Waals surface area contributed by atoms with Gasteiger partial charge in [0.25, 0.3) is 0 Å². The monoisotopic (exact) mass is 460 g/mol. The van der Waals surface area contributed by atoms with Crippen LogP contribution in [0.1, 0.15) is 44.4 Å². The normalized spacial score (nSPS) is 15.0. The van der Waals surface area contributed by atoms with Crippen LogP contribution in [0, 0.1) is 0 Å². The molecule has 7 nitrogen and oxygen atoms in total. The van der Waals surface area contributed by atoms with Gasteiger partial charge < -0.3 is 24.4 Å². The van der Waals surface area contributed by atoms with Gasteiger partial charge in [-0.05, 0) is 68.7 Å². The molecular weight excluding hydrogens is 432 g/mol. The van der Waals surface area contributed by atoms with Crippen LogP contribution in [0.3, 0.4) is 0 Å². The fourth-order valence-corrected chi connectivity index (χ4v) is 4.04. The van der Waals surface area contributed by atoms with Crippen molar-refractivity contribution in [2.24, 2.45) is 0 Å². The number of nitrogens with zero attached hydrogens (tertiary/aromatic N) is 1. The number of fused-ring (bicyclic) bond motifs is 1. The lowest BCUT2D eigenvalue weighted by atomic mass is 9.90. The van der Waals surface area contributed by atoms with E-state index < -0.39 is 6.04 Å². The van der Waals surface area contributed by atoms with Gasteiger partial charge in [-0.25, -0.2) is 4.79 Å². The summed E-state index contributed by atoms with van der Waals surface area (Å²) in [6.45, 7) is 7.29. The molecule has 0 saturated carbocycles. The second-order valence-electron chi connectivity index (χ2n) is 7.27. The molecule has 1 aliphatic rings. The van der Waals surface area contributed by atoms with Crippen molar-refractivity contribution < 1.29 is 23.8 Å². The number of carbonyl (C=O) groups is 2. The van der Waals surface area contributed by atoms with Crippen LogP contribution in [0.5, 0.6) is 11.5 Å². The van der Waals surface area contributed by atoms with Crippen molar-refractivity contribution in [2.45, 2.75) is 39.7 Å². The quantitative estimate of drug-likeness (QED) is 0.546. The lowest BCUT2D eigenvalue weighted by Gasteiger charge is -2.37. The Balaban J connectivity index is 1.95. The molecule has 0 spiro atoms. The Bertz CT molecular complexity index is 965. The molecule has 1 atom stereocenters. The Morgan fingerprint density at radius 2 is 1.78 bits per heavy atom. The molecule has 2 aromatic rings. The van der Waals surface area contributed by atoms with Crippen LogP contribution in [0.2, 0.25) is 5.02 Å². The molecule has 1 unspecified atom stereocenters. The van der Waals surface area contributed by atoms with Crippen LogP contribution < -0.4 is 14.8 Å². The van der Waals surface area contributed by atoms with E-state index in [0.29, 0.717) is 48.4 Å². The first-order valence-electron chi connectivity index (χ1n) is 10.9. The highest BCUT2D eigenvalue weighted by Gasteiger charge is 2.34. The number of nitrogens with one attached hydrogen (secondary N) is 1. The lowest BCUT2D eigenvalue weighted by molar-refractivity contribution is -0.144. The summed E-state index contributed by atoms with van der Waals surface area (Å²) < 4.78 is 16.7. The average molecular weight is 461 g/mol. The summed E-state index contributed by atoms with van der Waals surface area (Å²) in [7, 11) is 0. The number of ether oxygens (including phenoxy) is 3. The second-order valence-corrected chi connectivity index (χ2v) is 7.71. The molecular formula is C24H29ClN2O5. The van der Waals surface area contributed by atoms with Gasteiger partial charge in [-0.2, -0.15) is 0 Å². The van der Waals surface area contributed by atoms with E-state index >= 15 is 0 Å². The van der Waals surface area contributed by atoms with Gasteiger partial charge in [0.2, 0.25) is 0 Å². The molecule has 0 fully saturated rings. The Kier molecular flexibility index (Phi) is 8.22. The zero-order valence-electron chi connectivity index (χ0n) is 18.7. The largest absolute Gasteiger partial charge is 0.490 e. The number of hydrogen-bond acceptors (Lipinski definition) is 5. The van der Waals surface area contributed by atoms with Gasteiger partial charge >= 0.3 is 12.0 Å². The summed E-state index contributed by atoms with van der Waals surface area (Å²) in [5.74, 6) is 0.900. The highest BCUT2D eigenvalue weighted by Crippen LogP contribution is 2.40. The Labute approximate surface area is 193 Å². The van der Waals surface area contributed by atoms with Crippen molar-refractivity contribution in [1.29, 1.82) is 0 Å². The van der Waals surface area contributed by atoms with Gasteiger partial charge in [0.1, 0.15) is 0 Å². The van der Waals surface area contributed by atoms with E-state index in [1.54, 1.807) is 36.1 Å². The summed E-state index contributed by atoms with van der Waals surface area (Å²) in [4.78, 5) is 27.3. The molecule has 0 saturated heterocycles. The topological polar surface area (TPSA) is 77.1 Å². The molecule has 1 aliphatic heterocycles. The second kappa shape index (κ2) is 11.1. The predicted molar refractivity (Wildman–Crippen MR) is 124 cm³/mol. The zero-order valence-corrected chi connectivity index (χ0v) is 19.4. The van der Waals surface area contributed by atoms with Gasteiger partial charge in [0.15, 0.2) is 11.5 Å². The van der Waals surface area contributed by atoms with E-state index in [1.807, 2.05) is 26.0 Å². The summed E-state index contributed by atoms with van der Waals surface area (Å²) >= 11 is 6.05. The molecule has 1 N–H and O–H groups in total. The van der Waals surface area contributed by atoms with Crippen molar-refractivity contribution in [1.82, 2.24) is 4.90 Å². The molecule has 0 radical (unpaired) electrons. The molecule has 2 amide bonds. The first-order chi connectivity index (χ1) is 15.5. The third-order valence-electron chi connectivity index (χ3n) is 5.16. The SMILES string of the molecule is CCOC(=O)CC1c2cc(OCC)c(OCC)cc2CCN1C(=O)Nc1cccc(Cl)c1. The summed E-state index contributed by atoms with van der Waals surface area (Å²) in [5.41, 5.74) is 2.47. The van der Waals surface area contributed by atoms with Crippen LogP contribution in [0.15, 0.2) is 36.4 Å². The summed E-state index contributed by atoms with van der Waals surface area (Å²) in [6, 6.07) is 9.99. The van der Waals surface area contributed by atoms with E-state index in [1.165, 1.54) is 0 Å². The van der Waals surface area contributed by atoms with Crippen molar-refractivity contribution in [3.05, 3.63) is 52.5 Å². The van der Waals surface area contributed by atoms with Gasteiger partial charge in [0.05, 0.1) is 32.3 Å². The molecule has 0 aromatic heterocycles. The number of halogens is 1. The summed E-state index contributed by atoms with van der Waals surface area (Å²) in [6.07, 6.45) is 0.674. The number of esters is 1. The fraction of sp³-hybridized carbons (Fsp3) is 0.417. The van der Waals surface area contributed by atoms with Crippen LogP contribution in [-0.2, 0) is 16.0 Å². The van der Waals surface area contributed by atoms with Crippen LogP contribution in [-0.4, -0.2) is 43.3 Å². The number of anilines is 1. The number of benzene rings is 2. The Morgan fingerprint density at radius 1 is 1.06 bits per heavy atom. The van der Waals surface area contributed by atoms with E-state index in [2.05, 4.69) is 5.32 Å². The molecule has 3 rings (SSSR count). The van der Waals surface area contributed by atoms with Crippen LogP contribution >= 0.6 is 11.6 Å². The number of amides is 2.